The van der Waals surface area contributed by atoms with E-state index in [-0.39, 0.29) is 0 Å². The molecule has 0 spiro atoms. The van der Waals surface area contributed by atoms with E-state index >= 15 is 0 Å². The Morgan fingerprint density at radius 3 is 2.00 bits per heavy atom. The van der Waals surface area contributed by atoms with E-state index in [1.807, 2.05) is 12.3 Å². The highest BCUT2D eigenvalue weighted by Crippen LogP contribution is 2.42. The van der Waals surface area contributed by atoms with Crippen molar-refractivity contribution in [1.29, 1.82) is 0 Å². The highest BCUT2D eigenvalue weighted by atomic mass is 15.0. The number of fused-ring (bicyclic) bond motifs is 10. The number of pyridine rings is 1. The van der Waals surface area contributed by atoms with Crippen LogP contribution in [0.25, 0.3) is 76.7 Å². The highest BCUT2D eigenvalue weighted by molar-refractivity contribution is 6.28. The second-order valence-electron chi connectivity index (χ2n) is 10.4. The first-order valence-electron chi connectivity index (χ1n) is 13.7. The lowest BCUT2D eigenvalue weighted by atomic mass is 10.0. The number of aromatic nitrogens is 3. The molecule has 0 aliphatic rings. The van der Waals surface area contributed by atoms with Gasteiger partial charge >= 0.3 is 0 Å². The maximum Gasteiger partial charge on any atom is 0.0703 e. The lowest BCUT2D eigenvalue weighted by molar-refractivity contribution is 1.18. The molecule has 0 atom stereocenters. The Labute approximate surface area is 230 Å². The van der Waals surface area contributed by atoms with Crippen LogP contribution in [-0.4, -0.2) is 14.1 Å². The van der Waals surface area contributed by atoms with Crippen molar-refractivity contribution in [2.75, 3.05) is 0 Å². The van der Waals surface area contributed by atoms with E-state index in [0.717, 1.165) is 16.6 Å². The molecule has 0 N–H and O–H groups in total. The van der Waals surface area contributed by atoms with Crippen LogP contribution in [0.1, 0.15) is 0 Å². The molecule has 0 saturated carbocycles. The van der Waals surface area contributed by atoms with Crippen molar-refractivity contribution in [2.24, 2.45) is 0 Å². The molecular weight excluding hydrogens is 486 g/mol. The van der Waals surface area contributed by atoms with Gasteiger partial charge in [0.1, 0.15) is 0 Å². The van der Waals surface area contributed by atoms with Gasteiger partial charge in [-0.25, -0.2) is 0 Å². The monoisotopic (exact) mass is 509 g/mol. The summed E-state index contributed by atoms with van der Waals surface area (Å²) in [5, 5.41) is 8.76. The Morgan fingerprint density at radius 1 is 0.425 bits per heavy atom. The van der Waals surface area contributed by atoms with Crippen molar-refractivity contribution in [3.8, 4) is 11.4 Å². The Balaban J connectivity index is 1.45. The van der Waals surface area contributed by atoms with E-state index in [0.29, 0.717) is 0 Å². The normalized spacial score (nSPS) is 12.0. The molecule has 186 valence electrons. The summed E-state index contributed by atoms with van der Waals surface area (Å²) in [6.07, 6.45) is 1.85. The first kappa shape index (κ1) is 21.5. The van der Waals surface area contributed by atoms with Gasteiger partial charge < -0.3 is 9.13 Å². The maximum absolute atomic E-state index is 4.54. The molecule has 0 aliphatic heterocycles. The lowest BCUT2D eigenvalue weighted by Gasteiger charge is -2.11. The van der Waals surface area contributed by atoms with E-state index in [9.17, 15) is 0 Å². The molecule has 3 nitrogen and oxygen atoms in total. The third-order valence-corrected chi connectivity index (χ3v) is 8.32. The molecule has 3 heteroatoms. The van der Waals surface area contributed by atoms with Crippen LogP contribution >= 0.6 is 0 Å². The standard InChI is InChI=1S/C37H23N3/c1-2-10-25(11-3-1)40-33-14-6-4-12-27(33)29-18-17-28-30(37(29)40)19-21-35-36(28)31-13-5-7-15-34(31)39(35)26-16-20-32-24(23-26)9-8-22-38-32/h1-23H. The molecular formula is C37H23N3. The predicted molar refractivity (Wildman–Crippen MR) is 168 cm³/mol. The quantitative estimate of drug-likeness (QED) is 0.227. The van der Waals surface area contributed by atoms with Gasteiger partial charge in [0.15, 0.2) is 0 Å². The Hall–Kier alpha value is -5.41. The van der Waals surface area contributed by atoms with Crippen LogP contribution < -0.4 is 0 Å². The molecule has 0 aliphatic carbocycles. The number of rotatable bonds is 2. The Kier molecular flexibility index (Phi) is 4.33. The molecule has 0 saturated heterocycles. The average Bonchev–Trinajstić information content (AvgIpc) is 3.54. The van der Waals surface area contributed by atoms with Crippen molar-refractivity contribution in [3.05, 3.63) is 140 Å². The van der Waals surface area contributed by atoms with Gasteiger partial charge in [0.25, 0.3) is 0 Å². The SMILES string of the molecule is c1ccc(-n2c3ccccc3c3ccc4c(ccc5c4c4ccccc4n5-c4ccc5ncccc5c4)c32)cc1. The zero-order chi connectivity index (χ0) is 26.2. The molecule has 0 radical (unpaired) electrons. The zero-order valence-corrected chi connectivity index (χ0v) is 21.6. The minimum atomic E-state index is 1.01. The van der Waals surface area contributed by atoms with Gasteiger partial charge in [-0.1, -0.05) is 78.9 Å². The summed E-state index contributed by atoms with van der Waals surface area (Å²) in [7, 11) is 0. The summed E-state index contributed by atoms with van der Waals surface area (Å²) in [6, 6.07) is 48.2. The van der Waals surface area contributed by atoms with Crippen molar-refractivity contribution in [3.63, 3.8) is 0 Å². The Bertz CT molecular complexity index is 2430. The third kappa shape index (κ3) is 2.86. The van der Waals surface area contributed by atoms with Crippen LogP contribution in [0.2, 0.25) is 0 Å². The fourth-order valence-electron chi connectivity index (χ4n) is 6.66. The topological polar surface area (TPSA) is 22.8 Å². The average molecular weight is 510 g/mol. The molecule has 0 bridgehead atoms. The van der Waals surface area contributed by atoms with Gasteiger partial charge in [0, 0.05) is 49.9 Å². The maximum atomic E-state index is 4.54. The van der Waals surface area contributed by atoms with Gasteiger partial charge in [-0.05, 0) is 60.0 Å². The van der Waals surface area contributed by atoms with Gasteiger partial charge in [-0.3, -0.25) is 4.98 Å². The van der Waals surface area contributed by atoms with Crippen molar-refractivity contribution >= 4 is 65.3 Å². The summed E-state index contributed by atoms with van der Waals surface area (Å²) in [5.74, 6) is 0. The summed E-state index contributed by atoms with van der Waals surface area (Å²) in [5.41, 5.74) is 8.21. The fourth-order valence-corrected chi connectivity index (χ4v) is 6.66. The van der Waals surface area contributed by atoms with Crippen LogP contribution in [0.4, 0.5) is 0 Å². The fraction of sp³-hybridized carbons (Fsp3) is 0. The van der Waals surface area contributed by atoms with Gasteiger partial charge in [0.05, 0.1) is 27.6 Å². The predicted octanol–water partition coefficient (Wildman–Crippen LogP) is 9.58. The summed E-state index contributed by atoms with van der Waals surface area (Å²) in [6.45, 7) is 0. The van der Waals surface area contributed by atoms with E-state index in [1.54, 1.807) is 0 Å². The van der Waals surface area contributed by atoms with Crippen molar-refractivity contribution in [2.45, 2.75) is 0 Å². The number of hydrogen-bond donors (Lipinski definition) is 0. The van der Waals surface area contributed by atoms with Crippen LogP contribution in [0, 0.1) is 0 Å². The van der Waals surface area contributed by atoms with Gasteiger partial charge in [0.2, 0.25) is 0 Å². The van der Waals surface area contributed by atoms with Crippen LogP contribution in [0.5, 0.6) is 0 Å². The molecule has 0 amide bonds. The first-order chi connectivity index (χ1) is 19.9. The minimum absolute atomic E-state index is 1.01. The molecule has 40 heavy (non-hydrogen) atoms. The molecule has 6 aromatic carbocycles. The van der Waals surface area contributed by atoms with Gasteiger partial charge in [-0.2, -0.15) is 0 Å². The summed E-state index contributed by atoms with van der Waals surface area (Å²) < 4.78 is 4.82. The second-order valence-corrected chi connectivity index (χ2v) is 10.4. The molecule has 0 fully saturated rings. The molecule has 3 heterocycles. The smallest absolute Gasteiger partial charge is 0.0703 e. The summed E-state index contributed by atoms with van der Waals surface area (Å²) >= 11 is 0. The summed E-state index contributed by atoms with van der Waals surface area (Å²) in [4.78, 5) is 4.54. The first-order valence-corrected chi connectivity index (χ1v) is 13.7. The third-order valence-electron chi connectivity index (χ3n) is 8.32. The molecule has 0 unspecified atom stereocenters. The lowest BCUT2D eigenvalue weighted by Crippen LogP contribution is -1.95. The van der Waals surface area contributed by atoms with Crippen LogP contribution in [0.3, 0.4) is 0 Å². The zero-order valence-electron chi connectivity index (χ0n) is 21.6. The number of benzene rings is 6. The number of nitrogens with zero attached hydrogens (tertiary/aromatic N) is 3. The number of hydrogen-bond acceptors (Lipinski definition) is 1. The Morgan fingerprint density at radius 2 is 1.12 bits per heavy atom. The van der Waals surface area contributed by atoms with E-state index < -0.39 is 0 Å². The van der Waals surface area contributed by atoms with Crippen LogP contribution in [0.15, 0.2) is 140 Å². The molecule has 9 rings (SSSR count). The van der Waals surface area contributed by atoms with E-state index in [2.05, 4.69) is 142 Å². The largest absolute Gasteiger partial charge is 0.309 e. The number of para-hydroxylation sites is 3. The van der Waals surface area contributed by atoms with Crippen LogP contribution in [-0.2, 0) is 0 Å². The highest BCUT2D eigenvalue weighted by Gasteiger charge is 2.19. The van der Waals surface area contributed by atoms with E-state index in [4.69, 9.17) is 0 Å². The van der Waals surface area contributed by atoms with Crippen molar-refractivity contribution in [1.82, 2.24) is 14.1 Å². The van der Waals surface area contributed by atoms with Gasteiger partial charge in [-0.15, -0.1) is 0 Å². The molecule has 3 aromatic heterocycles. The van der Waals surface area contributed by atoms with Crippen molar-refractivity contribution < 1.29 is 0 Å². The molecule has 9 aromatic rings. The van der Waals surface area contributed by atoms with E-state index in [1.165, 1.54) is 60.1 Å². The minimum Gasteiger partial charge on any atom is -0.309 e. The second kappa shape index (κ2) is 8.05.